The number of nitrogens with zero attached hydrogens (tertiary/aromatic N) is 1. The first-order chi connectivity index (χ1) is 13.7. The van der Waals surface area contributed by atoms with Crippen LogP contribution in [0.1, 0.15) is 25.3 Å². The van der Waals surface area contributed by atoms with Gasteiger partial charge in [0, 0.05) is 19.3 Å². The Morgan fingerprint density at radius 3 is 2.41 bits per heavy atom. The molecule has 0 aliphatic rings. The molecule has 1 aromatic rings. The number of benzene rings is 1. The van der Waals surface area contributed by atoms with Crippen molar-refractivity contribution in [3.8, 4) is 0 Å². The smallest absolute Gasteiger partial charge is 0.366 e. The van der Waals surface area contributed by atoms with E-state index < -0.39 is 22.1 Å². The van der Waals surface area contributed by atoms with Crippen molar-refractivity contribution in [3.63, 3.8) is 0 Å². The van der Waals surface area contributed by atoms with Crippen molar-refractivity contribution < 1.29 is 36.5 Å². The molecule has 0 aromatic heterocycles. The summed E-state index contributed by atoms with van der Waals surface area (Å²) in [6.45, 7) is 3.88. The Balaban J connectivity index is 2.62. The van der Waals surface area contributed by atoms with Crippen LogP contribution in [0, 0.1) is 6.92 Å². The predicted molar refractivity (Wildman–Crippen MR) is 108 cm³/mol. The van der Waals surface area contributed by atoms with Gasteiger partial charge in [0.25, 0.3) is 0 Å². The molecule has 9 nitrogen and oxygen atoms in total. The van der Waals surface area contributed by atoms with Crippen LogP contribution < -0.4 is 0 Å². The molecule has 0 amide bonds. The highest BCUT2D eigenvalue weighted by Crippen LogP contribution is 2.16. The lowest BCUT2D eigenvalue weighted by molar-refractivity contribution is -0.143. The van der Waals surface area contributed by atoms with E-state index in [4.69, 9.17) is 9.47 Å². The summed E-state index contributed by atoms with van der Waals surface area (Å²) in [7, 11) is -1.50. The number of rotatable bonds is 10. The van der Waals surface area contributed by atoms with Gasteiger partial charge in [0.1, 0.15) is 4.90 Å². The van der Waals surface area contributed by atoms with E-state index >= 15 is 0 Å². The zero-order valence-corrected chi connectivity index (χ0v) is 18.4. The Bertz CT molecular complexity index is 806. The average Bonchev–Trinajstić information content (AvgIpc) is 2.70. The summed E-state index contributed by atoms with van der Waals surface area (Å²) in [5.74, 6) is -1.21. The Kier molecular flexibility index (Phi) is 10.7. The third-order valence-electron chi connectivity index (χ3n) is 3.62. The molecule has 1 rings (SSSR count). The van der Waals surface area contributed by atoms with Gasteiger partial charge in [-0.25, -0.2) is 4.79 Å². The standard InChI is InChI=1S/C18H25NO8S2/c1-13-5-7-15(8-6-13)29(22,23)27-19-17(18(21)25-4)28-12-10-16(20)26-11-9-14(2)24-3/h5-8,14H,9-12H2,1-4H3/b19-17-. The molecule has 29 heavy (non-hydrogen) atoms. The molecular weight excluding hydrogens is 422 g/mol. The number of methoxy groups -OCH3 is 2. The maximum atomic E-state index is 12.2. The van der Waals surface area contributed by atoms with Crippen molar-refractivity contribution in [1.29, 1.82) is 0 Å². The number of thioether (sulfide) groups is 1. The van der Waals surface area contributed by atoms with Gasteiger partial charge in [0.05, 0.1) is 26.2 Å². The molecule has 11 heteroatoms. The zero-order chi connectivity index (χ0) is 21.9. The quantitative estimate of drug-likeness (QED) is 0.230. The maximum Gasteiger partial charge on any atom is 0.366 e. The second-order valence-corrected chi connectivity index (χ2v) is 8.50. The molecule has 162 valence electrons. The SMILES string of the molecule is COC(=O)/C(=N/OS(=O)(=O)c1ccc(C)cc1)SCCC(=O)OCCC(C)OC. The average molecular weight is 448 g/mol. The van der Waals surface area contributed by atoms with Crippen LogP contribution in [0.15, 0.2) is 34.3 Å². The highest BCUT2D eigenvalue weighted by molar-refractivity contribution is 8.15. The molecule has 0 spiro atoms. The summed E-state index contributed by atoms with van der Waals surface area (Å²) in [5.41, 5.74) is 0.877. The van der Waals surface area contributed by atoms with E-state index in [9.17, 15) is 18.0 Å². The van der Waals surface area contributed by atoms with Gasteiger partial charge < -0.3 is 14.2 Å². The van der Waals surface area contributed by atoms with E-state index in [1.54, 1.807) is 19.2 Å². The zero-order valence-electron chi connectivity index (χ0n) is 16.7. The van der Waals surface area contributed by atoms with Crippen molar-refractivity contribution >= 4 is 38.9 Å². The fraction of sp³-hybridized carbons (Fsp3) is 0.500. The number of hydrogen-bond donors (Lipinski definition) is 0. The lowest BCUT2D eigenvalue weighted by atomic mass is 10.2. The van der Waals surface area contributed by atoms with Crippen molar-refractivity contribution in [2.45, 2.75) is 37.7 Å². The van der Waals surface area contributed by atoms with Crippen LogP contribution in [0.4, 0.5) is 0 Å². The van der Waals surface area contributed by atoms with Crippen LogP contribution in [0.25, 0.3) is 0 Å². The molecule has 0 bridgehead atoms. The summed E-state index contributed by atoms with van der Waals surface area (Å²) in [4.78, 5) is 23.4. The number of ether oxygens (including phenoxy) is 3. The molecule has 0 saturated carbocycles. The molecule has 0 saturated heterocycles. The van der Waals surface area contributed by atoms with Gasteiger partial charge in [0.2, 0.25) is 5.04 Å². The van der Waals surface area contributed by atoms with Gasteiger partial charge in [-0.1, -0.05) is 34.6 Å². The number of esters is 2. The lowest BCUT2D eigenvalue weighted by Gasteiger charge is -2.09. The summed E-state index contributed by atoms with van der Waals surface area (Å²) < 4.78 is 43.6. The van der Waals surface area contributed by atoms with Gasteiger partial charge in [-0.2, -0.15) is 8.42 Å². The number of carbonyl (C=O) groups is 2. The molecule has 0 aliphatic heterocycles. The maximum absolute atomic E-state index is 12.2. The molecule has 1 unspecified atom stereocenters. The van der Waals surface area contributed by atoms with Crippen LogP contribution >= 0.6 is 11.8 Å². The molecule has 0 radical (unpaired) electrons. The number of hydrogen-bond acceptors (Lipinski definition) is 10. The Hall–Kier alpha value is -2.11. The van der Waals surface area contributed by atoms with Crippen LogP contribution in [0.3, 0.4) is 0 Å². The summed E-state index contributed by atoms with van der Waals surface area (Å²) in [5, 5.41) is 3.08. The molecule has 0 heterocycles. The topological polar surface area (TPSA) is 118 Å². The van der Waals surface area contributed by atoms with Crippen LogP contribution in [-0.2, 0) is 38.2 Å². The van der Waals surface area contributed by atoms with Gasteiger partial charge in [-0.3, -0.25) is 9.08 Å². The second kappa shape index (κ2) is 12.5. The van der Waals surface area contributed by atoms with Gasteiger partial charge in [-0.05, 0) is 26.0 Å². The van der Waals surface area contributed by atoms with E-state index in [2.05, 4.69) is 14.2 Å². The highest BCUT2D eigenvalue weighted by Gasteiger charge is 2.20. The fourth-order valence-corrected chi connectivity index (χ4v) is 3.33. The lowest BCUT2D eigenvalue weighted by Crippen LogP contribution is -2.16. The Morgan fingerprint density at radius 1 is 1.17 bits per heavy atom. The van der Waals surface area contributed by atoms with E-state index in [-0.39, 0.29) is 34.8 Å². The predicted octanol–water partition coefficient (Wildman–Crippen LogP) is 2.28. The van der Waals surface area contributed by atoms with Gasteiger partial charge in [0.15, 0.2) is 0 Å². The third-order valence-corrected chi connectivity index (χ3v) is 5.67. The first kappa shape index (κ1) is 24.9. The van der Waals surface area contributed by atoms with Gasteiger partial charge >= 0.3 is 22.1 Å². The summed E-state index contributed by atoms with van der Waals surface area (Å²) >= 11 is 0.826. The summed E-state index contributed by atoms with van der Waals surface area (Å²) in [6, 6.07) is 5.95. The van der Waals surface area contributed by atoms with Crippen LogP contribution in [0.5, 0.6) is 0 Å². The summed E-state index contributed by atoms with van der Waals surface area (Å²) in [6.07, 6.45) is 0.532. The first-order valence-corrected chi connectivity index (χ1v) is 11.1. The molecular formula is C18H25NO8S2. The van der Waals surface area contributed by atoms with Crippen molar-refractivity contribution in [2.75, 3.05) is 26.6 Å². The second-order valence-electron chi connectivity index (χ2n) is 5.88. The molecule has 0 N–H and O–H groups in total. The van der Waals surface area contributed by atoms with E-state index in [1.165, 1.54) is 12.1 Å². The molecule has 1 aromatic carbocycles. The Morgan fingerprint density at radius 2 is 1.83 bits per heavy atom. The Labute approximate surface area is 174 Å². The number of aryl methyl sites for hydroxylation is 1. The van der Waals surface area contributed by atoms with Crippen LogP contribution in [-0.4, -0.2) is 58.1 Å². The van der Waals surface area contributed by atoms with Crippen molar-refractivity contribution in [1.82, 2.24) is 0 Å². The minimum atomic E-state index is -4.19. The molecule has 1 atom stereocenters. The van der Waals surface area contributed by atoms with Gasteiger partial charge in [-0.15, -0.1) is 0 Å². The van der Waals surface area contributed by atoms with Crippen molar-refractivity contribution in [3.05, 3.63) is 29.8 Å². The van der Waals surface area contributed by atoms with E-state index in [0.29, 0.717) is 6.42 Å². The largest absolute Gasteiger partial charge is 0.466 e. The number of oxime groups is 1. The first-order valence-electron chi connectivity index (χ1n) is 8.67. The minimum absolute atomic E-state index is 0.00719. The molecule has 0 fully saturated rings. The van der Waals surface area contributed by atoms with Crippen molar-refractivity contribution in [2.24, 2.45) is 5.16 Å². The minimum Gasteiger partial charge on any atom is -0.466 e. The van der Waals surface area contributed by atoms with E-state index in [1.807, 2.05) is 13.8 Å². The highest BCUT2D eigenvalue weighted by atomic mass is 32.2. The monoisotopic (exact) mass is 447 g/mol. The number of carbonyl (C=O) groups excluding carboxylic acids is 2. The fourth-order valence-electron chi connectivity index (χ4n) is 1.80. The normalized spacial score (nSPS) is 12.9. The van der Waals surface area contributed by atoms with E-state index in [0.717, 1.165) is 24.4 Å². The third kappa shape index (κ3) is 9.29. The van der Waals surface area contributed by atoms with Crippen LogP contribution in [0.2, 0.25) is 0 Å². The molecule has 0 aliphatic carbocycles.